The zero-order valence-corrected chi connectivity index (χ0v) is 8.34. The highest BCUT2D eigenvalue weighted by atomic mass is 15.1. The molecule has 0 amide bonds. The topological polar surface area (TPSA) is 15.3 Å². The molecule has 0 fully saturated rings. The van der Waals surface area contributed by atoms with Crippen LogP contribution in [0.4, 0.5) is 0 Å². The standard InChI is InChI=1S/C11H20N2/c1-4-7-12-8-11-13(9-5-2)10-6-3/h4-6,12H,1-3,7-11H2. The lowest BCUT2D eigenvalue weighted by atomic mass is 10.4. The molecule has 0 aliphatic rings. The van der Waals surface area contributed by atoms with Crippen molar-refractivity contribution >= 4 is 0 Å². The highest BCUT2D eigenvalue weighted by Crippen LogP contribution is 1.87. The van der Waals surface area contributed by atoms with Gasteiger partial charge in [0, 0.05) is 32.7 Å². The maximum atomic E-state index is 3.71. The van der Waals surface area contributed by atoms with Crippen LogP contribution in [0.5, 0.6) is 0 Å². The van der Waals surface area contributed by atoms with Gasteiger partial charge in [0.2, 0.25) is 0 Å². The minimum absolute atomic E-state index is 0.871. The van der Waals surface area contributed by atoms with Gasteiger partial charge in [-0.2, -0.15) is 0 Å². The number of rotatable bonds is 9. The van der Waals surface area contributed by atoms with Crippen molar-refractivity contribution < 1.29 is 0 Å². The first kappa shape index (κ1) is 12.1. The maximum Gasteiger partial charge on any atom is 0.0164 e. The van der Waals surface area contributed by atoms with Gasteiger partial charge in [-0.15, -0.1) is 19.7 Å². The lowest BCUT2D eigenvalue weighted by molar-refractivity contribution is 0.335. The van der Waals surface area contributed by atoms with E-state index in [4.69, 9.17) is 0 Å². The van der Waals surface area contributed by atoms with Crippen LogP contribution >= 0.6 is 0 Å². The highest BCUT2D eigenvalue weighted by Gasteiger charge is 1.97. The summed E-state index contributed by atoms with van der Waals surface area (Å²) in [6, 6.07) is 0. The fourth-order valence-electron chi connectivity index (χ4n) is 1.06. The Morgan fingerprint density at radius 2 is 1.62 bits per heavy atom. The van der Waals surface area contributed by atoms with Crippen LogP contribution in [0.2, 0.25) is 0 Å². The van der Waals surface area contributed by atoms with Gasteiger partial charge in [0.25, 0.3) is 0 Å². The Kier molecular flexibility index (Phi) is 8.62. The summed E-state index contributed by atoms with van der Waals surface area (Å²) in [5.41, 5.74) is 0. The average Bonchev–Trinajstić information content (AvgIpc) is 2.13. The van der Waals surface area contributed by atoms with E-state index in [0.717, 1.165) is 32.7 Å². The SMILES string of the molecule is C=CCNCCN(CC=C)CC=C. The molecule has 13 heavy (non-hydrogen) atoms. The van der Waals surface area contributed by atoms with Crippen LogP contribution in [-0.2, 0) is 0 Å². The van der Waals surface area contributed by atoms with Crippen LogP contribution in [0.15, 0.2) is 38.0 Å². The van der Waals surface area contributed by atoms with Crippen LogP contribution in [0.25, 0.3) is 0 Å². The quantitative estimate of drug-likeness (QED) is 0.426. The second-order valence-corrected chi connectivity index (χ2v) is 2.83. The summed E-state index contributed by atoms with van der Waals surface area (Å²) in [4.78, 5) is 2.27. The van der Waals surface area contributed by atoms with E-state index in [2.05, 4.69) is 30.0 Å². The third kappa shape index (κ3) is 7.50. The van der Waals surface area contributed by atoms with Crippen molar-refractivity contribution in [1.82, 2.24) is 10.2 Å². The van der Waals surface area contributed by atoms with Crippen molar-refractivity contribution in [3.63, 3.8) is 0 Å². The Bertz CT molecular complexity index is 142. The van der Waals surface area contributed by atoms with E-state index in [9.17, 15) is 0 Å². The zero-order chi connectivity index (χ0) is 9.94. The van der Waals surface area contributed by atoms with Crippen LogP contribution in [0.1, 0.15) is 0 Å². The molecule has 0 radical (unpaired) electrons. The third-order valence-corrected chi connectivity index (χ3v) is 1.67. The lowest BCUT2D eigenvalue weighted by Gasteiger charge is -2.18. The van der Waals surface area contributed by atoms with Gasteiger partial charge in [-0.05, 0) is 0 Å². The second-order valence-electron chi connectivity index (χ2n) is 2.83. The molecule has 0 heterocycles. The predicted octanol–water partition coefficient (Wildman–Crippen LogP) is 1.44. The van der Waals surface area contributed by atoms with E-state index < -0.39 is 0 Å². The van der Waals surface area contributed by atoms with Gasteiger partial charge >= 0.3 is 0 Å². The van der Waals surface area contributed by atoms with E-state index in [1.807, 2.05) is 18.2 Å². The van der Waals surface area contributed by atoms with Crippen molar-refractivity contribution in [2.24, 2.45) is 0 Å². The zero-order valence-electron chi connectivity index (χ0n) is 8.34. The van der Waals surface area contributed by atoms with Gasteiger partial charge in [-0.3, -0.25) is 4.90 Å². The lowest BCUT2D eigenvalue weighted by Crippen LogP contribution is -2.32. The van der Waals surface area contributed by atoms with Gasteiger partial charge in [0.05, 0.1) is 0 Å². The van der Waals surface area contributed by atoms with Crippen molar-refractivity contribution in [3.05, 3.63) is 38.0 Å². The van der Waals surface area contributed by atoms with Crippen LogP contribution in [0, 0.1) is 0 Å². The van der Waals surface area contributed by atoms with Crippen LogP contribution < -0.4 is 5.32 Å². The molecular formula is C11H20N2. The Balaban J connectivity index is 3.48. The van der Waals surface area contributed by atoms with Gasteiger partial charge in [0.1, 0.15) is 0 Å². The average molecular weight is 180 g/mol. The molecule has 0 aromatic rings. The molecule has 74 valence electrons. The van der Waals surface area contributed by atoms with E-state index in [-0.39, 0.29) is 0 Å². The fraction of sp³-hybridized carbons (Fsp3) is 0.455. The van der Waals surface area contributed by atoms with Gasteiger partial charge < -0.3 is 5.32 Å². The van der Waals surface area contributed by atoms with Crippen molar-refractivity contribution in [1.29, 1.82) is 0 Å². The molecule has 1 N–H and O–H groups in total. The molecule has 0 saturated heterocycles. The monoisotopic (exact) mass is 180 g/mol. The molecule has 0 aliphatic carbocycles. The third-order valence-electron chi connectivity index (χ3n) is 1.67. The number of hydrogen-bond donors (Lipinski definition) is 1. The minimum atomic E-state index is 0.871. The smallest absolute Gasteiger partial charge is 0.0164 e. The first-order valence-corrected chi connectivity index (χ1v) is 4.61. The summed E-state index contributed by atoms with van der Waals surface area (Å²) in [6.07, 6.45) is 5.69. The molecule has 0 aliphatic heterocycles. The molecule has 0 rings (SSSR count). The Hall–Kier alpha value is -0.860. The molecule has 0 unspecified atom stereocenters. The summed E-state index contributed by atoms with van der Waals surface area (Å²) in [6.45, 7) is 15.8. The van der Waals surface area contributed by atoms with Gasteiger partial charge in [-0.25, -0.2) is 0 Å². The Morgan fingerprint density at radius 3 is 2.08 bits per heavy atom. The molecule has 0 atom stereocenters. The van der Waals surface area contributed by atoms with Gasteiger partial charge in [0.15, 0.2) is 0 Å². The predicted molar refractivity (Wildman–Crippen MR) is 59.9 cm³/mol. The summed E-state index contributed by atoms with van der Waals surface area (Å²) >= 11 is 0. The maximum absolute atomic E-state index is 3.71. The number of nitrogens with one attached hydrogen (secondary N) is 1. The summed E-state index contributed by atoms with van der Waals surface area (Å²) in [5, 5.41) is 3.25. The van der Waals surface area contributed by atoms with Crippen LogP contribution in [-0.4, -0.2) is 37.6 Å². The summed E-state index contributed by atoms with van der Waals surface area (Å²) < 4.78 is 0. The van der Waals surface area contributed by atoms with E-state index >= 15 is 0 Å². The van der Waals surface area contributed by atoms with E-state index in [1.165, 1.54) is 0 Å². The van der Waals surface area contributed by atoms with Gasteiger partial charge in [-0.1, -0.05) is 18.2 Å². The first-order chi connectivity index (χ1) is 6.35. The molecule has 0 bridgehead atoms. The van der Waals surface area contributed by atoms with Crippen molar-refractivity contribution in [3.8, 4) is 0 Å². The fourth-order valence-corrected chi connectivity index (χ4v) is 1.06. The normalized spacial score (nSPS) is 9.92. The van der Waals surface area contributed by atoms with Crippen LogP contribution in [0.3, 0.4) is 0 Å². The molecule has 2 nitrogen and oxygen atoms in total. The Morgan fingerprint density at radius 1 is 1.00 bits per heavy atom. The molecule has 2 heteroatoms. The largest absolute Gasteiger partial charge is 0.312 e. The Labute approximate surface area is 81.6 Å². The molecular weight excluding hydrogens is 160 g/mol. The molecule has 0 saturated carbocycles. The first-order valence-electron chi connectivity index (χ1n) is 4.61. The summed E-state index contributed by atoms with van der Waals surface area (Å²) in [5.74, 6) is 0. The van der Waals surface area contributed by atoms with Crippen molar-refractivity contribution in [2.45, 2.75) is 0 Å². The summed E-state index contributed by atoms with van der Waals surface area (Å²) in [7, 11) is 0. The van der Waals surface area contributed by atoms with Crippen molar-refractivity contribution in [2.75, 3.05) is 32.7 Å². The molecule has 0 spiro atoms. The van der Waals surface area contributed by atoms with E-state index in [0.29, 0.717) is 0 Å². The minimum Gasteiger partial charge on any atom is -0.312 e. The molecule has 0 aromatic heterocycles. The molecule has 0 aromatic carbocycles. The highest BCUT2D eigenvalue weighted by molar-refractivity contribution is 4.80. The van der Waals surface area contributed by atoms with E-state index in [1.54, 1.807) is 0 Å². The second kappa shape index (κ2) is 9.23. The number of nitrogens with zero attached hydrogens (tertiary/aromatic N) is 1. The number of hydrogen-bond acceptors (Lipinski definition) is 2.